The van der Waals surface area contributed by atoms with Crippen LogP contribution in [0.2, 0.25) is 0 Å². The fraction of sp³-hybridized carbons (Fsp3) is 0.348. The van der Waals surface area contributed by atoms with E-state index in [4.69, 9.17) is 9.72 Å². The molecule has 0 spiro atoms. The fourth-order valence-corrected chi connectivity index (χ4v) is 4.41. The maximum atomic E-state index is 12.8. The van der Waals surface area contributed by atoms with Crippen LogP contribution in [0.25, 0.3) is 22.2 Å². The molecule has 1 aliphatic rings. The monoisotopic (exact) mass is 392 g/mol. The summed E-state index contributed by atoms with van der Waals surface area (Å²) in [5.74, 6) is -0.682. The van der Waals surface area contributed by atoms with Crippen LogP contribution < -0.4 is 10.3 Å². The molecular weight excluding hydrogens is 368 g/mol. The Balaban J connectivity index is 2.18. The Kier molecular flexibility index (Phi) is 4.26. The summed E-state index contributed by atoms with van der Waals surface area (Å²) in [4.78, 5) is 29.2. The number of nitrogens with zero attached hydrogens (tertiary/aromatic N) is 2. The number of benzene rings is 1. The minimum absolute atomic E-state index is 0.0356. The quantitative estimate of drug-likeness (QED) is 0.713. The Morgan fingerprint density at radius 2 is 1.90 bits per heavy atom. The van der Waals surface area contributed by atoms with Gasteiger partial charge < -0.3 is 14.4 Å². The number of aromatic carboxylic acids is 1. The molecule has 0 saturated heterocycles. The van der Waals surface area contributed by atoms with Crippen LogP contribution in [0.5, 0.6) is 5.88 Å². The molecule has 150 valence electrons. The molecular formula is C23H24N2O4. The molecule has 1 aromatic carbocycles. The Morgan fingerprint density at radius 3 is 2.48 bits per heavy atom. The number of carbonyl (C=O) groups is 1. The predicted octanol–water partition coefficient (Wildman–Crippen LogP) is 3.99. The normalized spacial score (nSPS) is 15.7. The van der Waals surface area contributed by atoms with Crippen LogP contribution in [0.3, 0.4) is 0 Å². The van der Waals surface area contributed by atoms with Crippen molar-refractivity contribution < 1.29 is 14.6 Å². The lowest BCUT2D eigenvalue weighted by Gasteiger charge is -2.37. The summed E-state index contributed by atoms with van der Waals surface area (Å²) in [7, 11) is 3.20. The van der Waals surface area contributed by atoms with E-state index in [2.05, 4.69) is 20.8 Å². The lowest BCUT2D eigenvalue weighted by atomic mass is 9.69. The standard InChI is InChI=1S/C23H24N2O4/c1-23(2,3)17-11-14-12-8-6-7-9-13(12)20(29-5)24-18(14)19-15(17)10-16(22(27)28)21(26)25(19)4/h6-10,17H,11H2,1-5H3,(H,27,28)/t17-/m0/s1. The number of carboxylic acids is 1. The first-order valence-electron chi connectivity index (χ1n) is 9.58. The summed E-state index contributed by atoms with van der Waals surface area (Å²) in [6, 6.07) is 9.51. The van der Waals surface area contributed by atoms with E-state index in [-0.39, 0.29) is 16.9 Å². The molecule has 0 radical (unpaired) electrons. The number of hydrogen-bond donors (Lipinski definition) is 1. The number of pyridine rings is 2. The highest BCUT2D eigenvalue weighted by atomic mass is 16.5. The zero-order valence-corrected chi connectivity index (χ0v) is 17.2. The first-order chi connectivity index (χ1) is 13.6. The molecule has 6 nitrogen and oxygen atoms in total. The minimum atomic E-state index is -1.21. The van der Waals surface area contributed by atoms with Gasteiger partial charge in [0, 0.05) is 12.4 Å². The maximum Gasteiger partial charge on any atom is 0.341 e. The van der Waals surface area contributed by atoms with Gasteiger partial charge in [-0.15, -0.1) is 0 Å². The molecule has 4 rings (SSSR count). The fourth-order valence-electron chi connectivity index (χ4n) is 4.41. The number of rotatable bonds is 2. The van der Waals surface area contributed by atoms with Crippen molar-refractivity contribution in [2.24, 2.45) is 12.5 Å². The zero-order chi connectivity index (χ0) is 21.1. The Hall–Kier alpha value is -3.15. The van der Waals surface area contributed by atoms with Crippen LogP contribution in [0.4, 0.5) is 0 Å². The van der Waals surface area contributed by atoms with Crippen molar-refractivity contribution in [1.82, 2.24) is 9.55 Å². The molecule has 1 N–H and O–H groups in total. The van der Waals surface area contributed by atoms with Crippen molar-refractivity contribution in [1.29, 1.82) is 0 Å². The smallest absolute Gasteiger partial charge is 0.341 e. The van der Waals surface area contributed by atoms with Crippen LogP contribution in [0.15, 0.2) is 35.1 Å². The van der Waals surface area contributed by atoms with E-state index >= 15 is 0 Å². The minimum Gasteiger partial charge on any atom is -0.481 e. The van der Waals surface area contributed by atoms with Gasteiger partial charge >= 0.3 is 5.97 Å². The van der Waals surface area contributed by atoms with E-state index in [0.717, 1.165) is 21.9 Å². The number of hydrogen-bond acceptors (Lipinski definition) is 4. The predicted molar refractivity (Wildman–Crippen MR) is 112 cm³/mol. The summed E-state index contributed by atoms with van der Waals surface area (Å²) in [6.07, 6.45) is 0.709. The molecule has 0 bridgehead atoms. The average Bonchev–Trinajstić information content (AvgIpc) is 2.67. The number of ether oxygens (including phenoxy) is 1. The summed E-state index contributed by atoms with van der Waals surface area (Å²) in [6.45, 7) is 6.41. The Morgan fingerprint density at radius 1 is 1.24 bits per heavy atom. The number of carboxylic acid groups (broad SMARTS) is 1. The second-order valence-electron chi connectivity index (χ2n) is 8.65. The van der Waals surface area contributed by atoms with Gasteiger partial charge in [-0.3, -0.25) is 4.79 Å². The highest BCUT2D eigenvalue weighted by molar-refractivity contribution is 5.95. The highest BCUT2D eigenvalue weighted by Gasteiger charge is 2.37. The summed E-state index contributed by atoms with van der Waals surface area (Å²) in [5, 5.41) is 11.5. The molecule has 0 unspecified atom stereocenters. The first-order valence-corrected chi connectivity index (χ1v) is 9.58. The molecule has 2 aromatic heterocycles. The van der Waals surface area contributed by atoms with Crippen LogP contribution in [0, 0.1) is 5.41 Å². The summed E-state index contributed by atoms with van der Waals surface area (Å²) >= 11 is 0. The van der Waals surface area contributed by atoms with Crippen molar-refractivity contribution >= 4 is 16.7 Å². The Bertz CT molecular complexity index is 1220. The molecule has 0 aliphatic heterocycles. The van der Waals surface area contributed by atoms with Gasteiger partial charge in [-0.05, 0) is 46.4 Å². The molecule has 1 aliphatic carbocycles. The topological polar surface area (TPSA) is 81.4 Å². The van der Waals surface area contributed by atoms with E-state index in [1.165, 1.54) is 4.57 Å². The average molecular weight is 392 g/mol. The van der Waals surface area contributed by atoms with Gasteiger partial charge in [0.25, 0.3) is 5.56 Å². The molecule has 1 atom stereocenters. The van der Waals surface area contributed by atoms with Crippen LogP contribution in [0.1, 0.15) is 48.2 Å². The van der Waals surface area contributed by atoms with Gasteiger partial charge in [-0.1, -0.05) is 39.0 Å². The second-order valence-corrected chi connectivity index (χ2v) is 8.65. The molecule has 3 aromatic rings. The van der Waals surface area contributed by atoms with E-state index < -0.39 is 11.5 Å². The summed E-state index contributed by atoms with van der Waals surface area (Å²) in [5.41, 5.74) is 2.38. The van der Waals surface area contributed by atoms with Crippen LogP contribution in [-0.4, -0.2) is 27.7 Å². The van der Waals surface area contributed by atoms with Gasteiger partial charge in [0.15, 0.2) is 0 Å². The maximum absolute atomic E-state index is 12.8. The summed E-state index contributed by atoms with van der Waals surface area (Å²) < 4.78 is 6.97. The first kappa shape index (κ1) is 19.2. The van der Waals surface area contributed by atoms with E-state index in [1.54, 1.807) is 20.2 Å². The van der Waals surface area contributed by atoms with Crippen molar-refractivity contribution in [2.75, 3.05) is 7.11 Å². The van der Waals surface area contributed by atoms with Crippen molar-refractivity contribution in [3.05, 3.63) is 57.4 Å². The molecule has 0 fully saturated rings. The Labute approximate surface area is 168 Å². The van der Waals surface area contributed by atoms with Gasteiger partial charge in [-0.25, -0.2) is 9.78 Å². The highest BCUT2D eigenvalue weighted by Crippen LogP contribution is 2.49. The van der Waals surface area contributed by atoms with E-state index in [9.17, 15) is 14.7 Å². The van der Waals surface area contributed by atoms with Crippen molar-refractivity contribution in [2.45, 2.75) is 33.1 Å². The largest absolute Gasteiger partial charge is 0.481 e. The molecule has 29 heavy (non-hydrogen) atoms. The third kappa shape index (κ3) is 2.82. The second kappa shape index (κ2) is 6.44. The molecule has 6 heteroatoms. The number of aromatic nitrogens is 2. The number of methoxy groups -OCH3 is 1. The lowest BCUT2D eigenvalue weighted by molar-refractivity contribution is 0.0694. The third-order valence-electron chi connectivity index (χ3n) is 5.90. The van der Waals surface area contributed by atoms with Crippen LogP contribution >= 0.6 is 0 Å². The van der Waals surface area contributed by atoms with Crippen molar-refractivity contribution in [3.8, 4) is 17.3 Å². The van der Waals surface area contributed by atoms with E-state index in [0.29, 0.717) is 23.7 Å². The van der Waals surface area contributed by atoms with Gasteiger partial charge in [0.2, 0.25) is 5.88 Å². The molecule has 0 amide bonds. The number of fused-ring (bicyclic) bond motifs is 5. The van der Waals surface area contributed by atoms with E-state index in [1.807, 2.05) is 24.3 Å². The van der Waals surface area contributed by atoms with Gasteiger partial charge in [0.05, 0.1) is 18.5 Å². The van der Waals surface area contributed by atoms with Crippen molar-refractivity contribution in [3.63, 3.8) is 0 Å². The molecule has 2 heterocycles. The zero-order valence-electron chi connectivity index (χ0n) is 17.2. The SMILES string of the molecule is COc1nc2c(c3ccccc13)C[C@H](C(C)(C)C)c1cc(C(=O)O)c(=O)n(C)c1-2. The molecule has 0 saturated carbocycles. The van der Waals surface area contributed by atoms with Gasteiger partial charge in [-0.2, -0.15) is 0 Å². The van der Waals surface area contributed by atoms with Crippen LogP contribution in [-0.2, 0) is 13.5 Å². The third-order valence-corrected chi connectivity index (χ3v) is 5.90. The van der Waals surface area contributed by atoms with Gasteiger partial charge in [0.1, 0.15) is 5.56 Å². The lowest BCUT2D eigenvalue weighted by Crippen LogP contribution is -2.33.